The number of hydrogen-bond acceptors (Lipinski definition) is 5. The molecule has 0 fully saturated rings. The van der Waals surface area contributed by atoms with Gasteiger partial charge in [0, 0.05) is 60.3 Å². The minimum atomic E-state index is 0.000429. The van der Waals surface area contributed by atoms with E-state index in [1.807, 2.05) is 56.8 Å². The highest BCUT2D eigenvalue weighted by Gasteiger charge is 2.17. The average molecular weight is 492 g/mol. The molecule has 0 radical (unpaired) electrons. The van der Waals surface area contributed by atoms with Crippen molar-refractivity contribution in [3.63, 3.8) is 0 Å². The molecule has 8 heteroatoms. The summed E-state index contributed by atoms with van der Waals surface area (Å²) in [7, 11) is 1.92. The molecule has 182 valence electrons. The molecule has 0 bridgehead atoms. The zero-order valence-electron chi connectivity index (χ0n) is 20.5. The van der Waals surface area contributed by atoms with Crippen LogP contribution in [0, 0.1) is 12.8 Å². The van der Waals surface area contributed by atoms with Gasteiger partial charge in [-0.2, -0.15) is 5.10 Å². The van der Waals surface area contributed by atoms with Crippen molar-refractivity contribution < 1.29 is 9.53 Å². The van der Waals surface area contributed by atoms with Gasteiger partial charge in [0.1, 0.15) is 17.9 Å². The third kappa shape index (κ3) is 5.30. The van der Waals surface area contributed by atoms with Crippen molar-refractivity contribution in [2.75, 3.05) is 0 Å². The first-order chi connectivity index (χ1) is 16.9. The number of rotatable bonds is 9. The molecular formula is C27H30ClN5O2. The van der Waals surface area contributed by atoms with Gasteiger partial charge in [-0.3, -0.25) is 14.5 Å². The van der Waals surface area contributed by atoms with Gasteiger partial charge in [-0.05, 0) is 43.5 Å². The van der Waals surface area contributed by atoms with Crippen LogP contribution in [0.25, 0.3) is 22.2 Å². The zero-order chi connectivity index (χ0) is 24.9. The molecule has 4 aromatic rings. The molecule has 35 heavy (non-hydrogen) atoms. The molecule has 0 aliphatic carbocycles. The van der Waals surface area contributed by atoms with Crippen molar-refractivity contribution in [1.82, 2.24) is 25.1 Å². The number of hydrogen-bond donors (Lipinski definition) is 1. The standard InChI is InChI=1S/C27H30ClN5O2/c1-5-18(6-2)27(34)30-14-19-13-29-15-23(28)22(19)16-35-25-9-7-8-20-21(12-17(3)32-26(20)25)24-10-11-31-33(24)4/h7-13,15,18H,5-6,14,16H2,1-4H3,(H,30,34). The molecule has 1 N–H and O–H groups in total. The maximum Gasteiger partial charge on any atom is 0.223 e. The smallest absolute Gasteiger partial charge is 0.223 e. The summed E-state index contributed by atoms with van der Waals surface area (Å²) in [5, 5.41) is 8.81. The van der Waals surface area contributed by atoms with Crippen molar-refractivity contribution in [1.29, 1.82) is 0 Å². The topological polar surface area (TPSA) is 81.9 Å². The van der Waals surface area contributed by atoms with Crippen molar-refractivity contribution in [2.45, 2.75) is 46.8 Å². The summed E-state index contributed by atoms with van der Waals surface area (Å²) < 4.78 is 8.12. The quantitative estimate of drug-likeness (QED) is 0.328. The monoisotopic (exact) mass is 491 g/mol. The van der Waals surface area contributed by atoms with Crippen molar-refractivity contribution in [2.24, 2.45) is 13.0 Å². The highest BCUT2D eigenvalue weighted by atomic mass is 35.5. The van der Waals surface area contributed by atoms with E-state index in [-0.39, 0.29) is 18.4 Å². The Labute approximate surface area is 210 Å². The molecular weight excluding hydrogens is 462 g/mol. The van der Waals surface area contributed by atoms with E-state index < -0.39 is 0 Å². The van der Waals surface area contributed by atoms with Crippen LogP contribution in [-0.2, 0) is 25.0 Å². The summed E-state index contributed by atoms with van der Waals surface area (Å²) in [5.74, 6) is 0.702. The second-order valence-corrected chi connectivity index (χ2v) is 8.99. The Kier molecular flexibility index (Phi) is 7.66. The first kappa shape index (κ1) is 24.7. The van der Waals surface area contributed by atoms with Gasteiger partial charge >= 0.3 is 0 Å². The minimum absolute atomic E-state index is 0.000429. The van der Waals surface area contributed by atoms with E-state index in [1.54, 1.807) is 18.6 Å². The molecule has 0 saturated carbocycles. The van der Waals surface area contributed by atoms with E-state index in [4.69, 9.17) is 21.3 Å². The number of carbonyl (C=O) groups excluding carboxylic acids is 1. The van der Waals surface area contributed by atoms with Crippen LogP contribution in [0.4, 0.5) is 0 Å². The van der Waals surface area contributed by atoms with Crippen LogP contribution in [0.3, 0.4) is 0 Å². The minimum Gasteiger partial charge on any atom is -0.487 e. The Morgan fingerprint density at radius 1 is 1.20 bits per heavy atom. The number of benzene rings is 1. The van der Waals surface area contributed by atoms with E-state index in [2.05, 4.69) is 21.5 Å². The number of pyridine rings is 2. The van der Waals surface area contributed by atoms with Gasteiger partial charge < -0.3 is 10.1 Å². The third-order valence-electron chi connectivity index (χ3n) is 6.30. The SMILES string of the molecule is CCC(CC)C(=O)NCc1cncc(Cl)c1COc1cccc2c(-c3ccnn3C)cc(C)nc12. The molecule has 0 unspecified atom stereocenters. The number of nitrogens with one attached hydrogen (secondary N) is 1. The number of nitrogens with zero attached hydrogens (tertiary/aromatic N) is 4. The fourth-order valence-electron chi connectivity index (χ4n) is 4.27. The number of aromatic nitrogens is 4. The molecule has 0 saturated heterocycles. The summed E-state index contributed by atoms with van der Waals surface area (Å²) in [6.07, 6.45) is 6.72. The van der Waals surface area contributed by atoms with Crippen molar-refractivity contribution >= 4 is 28.4 Å². The molecule has 0 aliphatic heterocycles. The fourth-order valence-corrected chi connectivity index (χ4v) is 4.50. The summed E-state index contributed by atoms with van der Waals surface area (Å²) >= 11 is 6.50. The number of amides is 1. The number of aryl methyl sites for hydroxylation is 2. The molecule has 3 heterocycles. The fraction of sp³-hybridized carbons (Fsp3) is 0.333. The zero-order valence-corrected chi connectivity index (χ0v) is 21.3. The molecule has 7 nitrogen and oxygen atoms in total. The summed E-state index contributed by atoms with van der Waals surface area (Å²) in [5.41, 5.74) is 5.34. The van der Waals surface area contributed by atoms with Crippen LogP contribution in [-0.4, -0.2) is 25.7 Å². The molecule has 0 spiro atoms. The Morgan fingerprint density at radius 3 is 2.71 bits per heavy atom. The van der Waals surface area contributed by atoms with E-state index in [9.17, 15) is 4.79 Å². The molecule has 1 aromatic carbocycles. The van der Waals surface area contributed by atoms with Gasteiger partial charge in [-0.1, -0.05) is 37.6 Å². The van der Waals surface area contributed by atoms with Gasteiger partial charge in [0.25, 0.3) is 0 Å². The average Bonchev–Trinajstić information content (AvgIpc) is 3.28. The van der Waals surface area contributed by atoms with E-state index >= 15 is 0 Å². The lowest BCUT2D eigenvalue weighted by Crippen LogP contribution is -2.30. The highest BCUT2D eigenvalue weighted by Crippen LogP contribution is 2.33. The highest BCUT2D eigenvalue weighted by molar-refractivity contribution is 6.31. The van der Waals surface area contributed by atoms with Gasteiger partial charge in [0.05, 0.1) is 10.7 Å². The largest absolute Gasteiger partial charge is 0.487 e. The lowest BCUT2D eigenvalue weighted by molar-refractivity contribution is -0.125. The Morgan fingerprint density at radius 2 is 2.00 bits per heavy atom. The van der Waals surface area contributed by atoms with Gasteiger partial charge in [0.15, 0.2) is 0 Å². The van der Waals surface area contributed by atoms with Crippen LogP contribution in [0.1, 0.15) is 43.5 Å². The van der Waals surface area contributed by atoms with E-state index in [0.717, 1.165) is 51.8 Å². The molecule has 0 atom stereocenters. The van der Waals surface area contributed by atoms with Gasteiger partial charge in [-0.25, -0.2) is 4.98 Å². The maximum atomic E-state index is 12.5. The molecule has 1 amide bonds. The summed E-state index contributed by atoms with van der Waals surface area (Å²) in [6, 6.07) is 9.95. The van der Waals surface area contributed by atoms with E-state index in [0.29, 0.717) is 17.3 Å². The number of fused-ring (bicyclic) bond motifs is 1. The summed E-state index contributed by atoms with van der Waals surface area (Å²) in [6.45, 7) is 6.59. The molecule has 4 rings (SSSR count). The first-order valence-corrected chi connectivity index (χ1v) is 12.2. The second kappa shape index (κ2) is 10.9. The number of carbonyl (C=O) groups is 1. The Bertz CT molecular complexity index is 1350. The second-order valence-electron chi connectivity index (χ2n) is 8.58. The maximum absolute atomic E-state index is 12.5. The third-order valence-corrected chi connectivity index (χ3v) is 6.63. The lowest BCUT2D eigenvalue weighted by Gasteiger charge is -2.16. The first-order valence-electron chi connectivity index (χ1n) is 11.8. The van der Waals surface area contributed by atoms with Crippen molar-refractivity contribution in [3.05, 3.63) is 70.8 Å². The molecule has 0 aliphatic rings. The number of ether oxygens (including phenoxy) is 1. The van der Waals surface area contributed by atoms with Gasteiger partial charge in [0.2, 0.25) is 5.91 Å². The Balaban J connectivity index is 1.61. The van der Waals surface area contributed by atoms with Crippen LogP contribution in [0.5, 0.6) is 5.75 Å². The number of halogens is 1. The van der Waals surface area contributed by atoms with Crippen LogP contribution >= 0.6 is 11.6 Å². The van der Waals surface area contributed by atoms with Crippen molar-refractivity contribution in [3.8, 4) is 17.0 Å². The van der Waals surface area contributed by atoms with Crippen LogP contribution in [0.15, 0.2) is 48.9 Å². The lowest BCUT2D eigenvalue weighted by atomic mass is 10.0. The van der Waals surface area contributed by atoms with Crippen LogP contribution < -0.4 is 10.1 Å². The predicted molar refractivity (Wildman–Crippen MR) is 138 cm³/mol. The van der Waals surface area contributed by atoms with E-state index in [1.165, 1.54) is 0 Å². The van der Waals surface area contributed by atoms with Crippen LogP contribution in [0.2, 0.25) is 5.02 Å². The predicted octanol–water partition coefficient (Wildman–Crippen LogP) is 5.62. The molecule has 3 aromatic heterocycles. The Hall–Kier alpha value is -3.45. The summed E-state index contributed by atoms with van der Waals surface area (Å²) in [4.78, 5) is 21.5. The number of para-hydroxylation sites is 1. The van der Waals surface area contributed by atoms with Gasteiger partial charge in [-0.15, -0.1) is 0 Å². The normalized spacial score (nSPS) is 11.3.